The molecule has 0 atom stereocenters. The molecule has 1 rings (SSSR count). The molecule has 0 aliphatic heterocycles. The number of ether oxygens (including phenoxy) is 1. The standard InChI is InChI=1S/C14H26N3O5P/c1-10(2)21-23(19,22-11(3)4)9-20-7-6-17-13(18)8-12(5)16-14(17)15/h8,10-11H,6-7,9H2,1-5H3,(H2,15,16). The first-order valence-corrected chi connectivity index (χ1v) is 9.23. The van der Waals surface area contributed by atoms with Crippen LogP contribution in [0.2, 0.25) is 0 Å². The van der Waals surface area contributed by atoms with Gasteiger partial charge in [0, 0.05) is 11.8 Å². The van der Waals surface area contributed by atoms with Crippen molar-refractivity contribution >= 4 is 13.5 Å². The summed E-state index contributed by atoms with van der Waals surface area (Å²) in [4.78, 5) is 15.8. The molecule has 0 fully saturated rings. The highest BCUT2D eigenvalue weighted by atomic mass is 31.2. The monoisotopic (exact) mass is 347 g/mol. The van der Waals surface area contributed by atoms with Gasteiger partial charge in [-0.1, -0.05) is 0 Å². The van der Waals surface area contributed by atoms with Crippen molar-refractivity contribution in [2.45, 2.75) is 53.4 Å². The number of nitrogens with zero attached hydrogens (tertiary/aromatic N) is 2. The van der Waals surface area contributed by atoms with Crippen molar-refractivity contribution in [3.8, 4) is 0 Å². The summed E-state index contributed by atoms with van der Waals surface area (Å²) in [5.41, 5.74) is 6.02. The van der Waals surface area contributed by atoms with Crippen LogP contribution in [0.1, 0.15) is 33.4 Å². The number of nitrogens with two attached hydrogens (primary N) is 1. The van der Waals surface area contributed by atoms with Crippen LogP contribution in [-0.2, 0) is 24.9 Å². The Labute approximate surface area is 136 Å². The van der Waals surface area contributed by atoms with Gasteiger partial charge in [0.2, 0.25) is 5.95 Å². The number of nitrogen functional groups attached to an aromatic ring is 1. The lowest BCUT2D eigenvalue weighted by Gasteiger charge is -2.22. The number of hydrogen-bond acceptors (Lipinski definition) is 7. The van der Waals surface area contributed by atoms with Crippen LogP contribution in [0, 0.1) is 6.92 Å². The molecule has 0 aliphatic carbocycles. The highest BCUT2D eigenvalue weighted by Crippen LogP contribution is 2.50. The molecule has 0 spiro atoms. The molecule has 132 valence electrons. The van der Waals surface area contributed by atoms with E-state index in [0.717, 1.165) is 0 Å². The van der Waals surface area contributed by atoms with Gasteiger partial charge in [0.05, 0.1) is 25.4 Å². The zero-order chi connectivity index (χ0) is 17.6. The summed E-state index contributed by atoms with van der Waals surface area (Å²) in [6.07, 6.45) is -0.678. The second-order valence-electron chi connectivity index (χ2n) is 5.70. The van der Waals surface area contributed by atoms with Gasteiger partial charge < -0.3 is 19.5 Å². The Balaban J connectivity index is 2.61. The quantitative estimate of drug-likeness (QED) is 0.539. The van der Waals surface area contributed by atoms with Crippen LogP contribution in [0.3, 0.4) is 0 Å². The lowest BCUT2D eigenvalue weighted by Crippen LogP contribution is -2.26. The summed E-state index contributed by atoms with van der Waals surface area (Å²) >= 11 is 0. The van der Waals surface area contributed by atoms with Crippen LogP contribution >= 0.6 is 7.60 Å². The fraction of sp³-hybridized carbons (Fsp3) is 0.714. The van der Waals surface area contributed by atoms with E-state index in [2.05, 4.69) is 4.98 Å². The van der Waals surface area contributed by atoms with Gasteiger partial charge in [0.25, 0.3) is 5.56 Å². The topological polar surface area (TPSA) is 106 Å². The first-order chi connectivity index (χ1) is 10.6. The zero-order valence-corrected chi connectivity index (χ0v) is 15.2. The summed E-state index contributed by atoms with van der Waals surface area (Å²) in [7, 11) is -3.34. The highest BCUT2D eigenvalue weighted by Gasteiger charge is 2.28. The Morgan fingerprint density at radius 3 is 2.30 bits per heavy atom. The fourth-order valence-corrected chi connectivity index (χ4v) is 3.74. The molecule has 1 aromatic heterocycles. The fourth-order valence-electron chi connectivity index (χ4n) is 1.93. The van der Waals surface area contributed by atoms with E-state index in [9.17, 15) is 9.36 Å². The maximum absolute atomic E-state index is 12.5. The van der Waals surface area contributed by atoms with Crippen LogP contribution in [0.5, 0.6) is 0 Å². The molecule has 8 nitrogen and oxygen atoms in total. The maximum Gasteiger partial charge on any atom is 0.356 e. The molecule has 9 heteroatoms. The van der Waals surface area contributed by atoms with Crippen molar-refractivity contribution in [1.29, 1.82) is 0 Å². The predicted octanol–water partition coefficient (Wildman–Crippen LogP) is 2.15. The predicted molar refractivity (Wildman–Crippen MR) is 88.5 cm³/mol. The average Bonchev–Trinajstić information content (AvgIpc) is 2.34. The largest absolute Gasteiger partial charge is 0.369 e. The second-order valence-corrected chi connectivity index (χ2v) is 7.60. The molecule has 23 heavy (non-hydrogen) atoms. The number of aromatic nitrogens is 2. The van der Waals surface area contributed by atoms with Crippen LogP contribution in [-0.4, -0.2) is 34.7 Å². The molecule has 0 bridgehead atoms. The zero-order valence-electron chi connectivity index (χ0n) is 14.3. The third-order valence-electron chi connectivity index (χ3n) is 2.62. The maximum atomic E-state index is 12.5. The van der Waals surface area contributed by atoms with Gasteiger partial charge in [-0.3, -0.25) is 13.9 Å². The molecule has 0 aliphatic rings. The highest BCUT2D eigenvalue weighted by molar-refractivity contribution is 7.53. The van der Waals surface area contributed by atoms with Crippen LogP contribution in [0.15, 0.2) is 10.9 Å². The summed E-state index contributed by atoms with van der Waals surface area (Å²) in [6, 6.07) is 1.39. The molecule has 0 unspecified atom stereocenters. The van der Waals surface area contributed by atoms with Crippen molar-refractivity contribution < 1.29 is 18.3 Å². The van der Waals surface area contributed by atoms with E-state index in [1.54, 1.807) is 34.6 Å². The first kappa shape index (κ1) is 19.8. The van der Waals surface area contributed by atoms with E-state index in [1.165, 1.54) is 10.6 Å². The van der Waals surface area contributed by atoms with Crippen molar-refractivity contribution in [1.82, 2.24) is 9.55 Å². The minimum atomic E-state index is -3.34. The minimum Gasteiger partial charge on any atom is -0.369 e. The van der Waals surface area contributed by atoms with Gasteiger partial charge in [-0.15, -0.1) is 0 Å². The van der Waals surface area contributed by atoms with Crippen molar-refractivity contribution in [2.24, 2.45) is 0 Å². The minimum absolute atomic E-state index is 0.124. The summed E-state index contributed by atoms with van der Waals surface area (Å²) in [5, 5.41) is 0. The summed E-state index contributed by atoms with van der Waals surface area (Å²) in [6.45, 7) is 9.14. The molecule has 1 heterocycles. The molecular formula is C14H26N3O5P. The summed E-state index contributed by atoms with van der Waals surface area (Å²) < 4.78 is 30.0. The van der Waals surface area contributed by atoms with Crippen molar-refractivity contribution in [2.75, 3.05) is 18.7 Å². The van der Waals surface area contributed by atoms with E-state index in [1.807, 2.05) is 0 Å². The molecule has 0 radical (unpaired) electrons. The third kappa shape index (κ3) is 6.83. The Morgan fingerprint density at radius 2 is 1.83 bits per heavy atom. The SMILES string of the molecule is Cc1cc(=O)n(CCOCP(=O)(OC(C)C)OC(C)C)c(N)n1. The van der Waals surface area contributed by atoms with Gasteiger partial charge in [0.15, 0.2) is 0 Å². The van der Waals surface area contributed by atoms with Gasteiger partial charge in [-0.05, 0) is 34.6 Å². The summed E-state index contributed by atoms with van der Waals surface area (Å²) in [5.74, 6) is 0.124. The Kier molecular flexibility index (Phi) is 7.41. The third-order valence-corrected chi connectivity index (χ3v) is 4.60. The van der Waals surface area contributed by atoms with E-state index < -0.39 is 7.60 Å². The second kappa shape index (κ2) is 8.59. The number of anilines is 1. The number of rotatable bonds is 9. The van der Waals surface area contributed by atoms with Crippen LogP contribution < -0.4 is 11.3 Å². The number of aryl methyl sites for hydroxylation is 1. The van der Waals surface area contributed by atoms with Crippen molar-refractivity contribution in [3.63, 3.8) is 0 Å². The Bertz CT molecular complexity index is 601. The van der Waals surface area contributed by atoms with E-state index >= 15 is 0 Å². The molecule has 0 saturated carbocycles. The van der Waals surface area contributed by atoms with Gasteiger partial charge >= 0.3 is 7.60 Å². The molecule has 0 saturated heterocycles. The molecule has 2 N–H and O–H groups in total. The van der Waals surface area contributed by atoms with Gasteiger partial charge in [0.1, 0.15) is 6.35 Å². The Morgan fingerprint density at radius 1 is 1.26 bits per heavy atom. The normalized spacial score (nSPS) is 12.3. The molecule has 1 aromatic rings. The van der Waals surface area contributed by atoms with Gasteiger partial charge in [-0.25, -0.2) is 4.98 Å². The van der Waals surface area contributed by atoms with E-state index in [-0.39, 0.29) is 43.2 Å². The van der Waals surface area contributed by atoms with E-state index in [0.29, 0.717) is 5.69 Å². The Hall–Kier alpha value is -1.21. The average molecular weight is 347 g/mol. The smallest absolute Gasteiger partial charge is 0.356 e. The van der Waals surface area contributed by atoms with Crippen LogP contribution in [0.25, 0.3) is 0 Å². The van der Waals surface area contributed by atoms with Gasteiger partial charge in [-0.2, -0.15) is 0 Å². The first-order valence-electron chi connectivity index (χ1n) is 7.50. The number of hydrogen-bond donors (Lipinski definition) is 1. The lowest BCUT2D eigenvalue weighted by atomic mass is 10.4. The lowest BCUT2D eigenvalue weighted by molar-refractivity contribution is 0.0957. The molecule has 0 amide bonds. The molecule has 0 aromatic carbocycles. The molecular weight excluding hydrogens is 321 g/mol. The van der Waals surface area contributed by atoms with E-state index in [4.69, 9.17) is 19.5 Å². The van der Waals surface area contributed by atoms with Crippen LogP contribution in [0.4, 0.5) is 5.95 Å². The van der Waals surface area contributed by atoms with Crippen molar-refractivity contribution in [3.05, 3.63) is 22.1 Å².